The van der Waals surface area contributed by atoms with Crippen molar-refractivity contribution in [2.45, 2.75) is 25.8 Å². The molecule has 1 aliphatic carbocycles. The molecule has 16 heavy (non-hydrogen) atoms. The minimum absolute atomic E-state index is 0.535. The Labute approximate surface area is 101 Å². The van der Waals surface area contributed by atoms with Crippen LogP contribution < -0.4 is 4.90 Å². The average Bonchev–Trinajstić information content (AvgIpc) is 3.08. The fraction of sp³-hybridized carbons (Fsp3) is 0.636. The largest absolute Gasteiger partial charge is 0.383 e. The molecule has 0 unspecified atom stereocenters. The molecule has 1 saturated carbocycles. The lowest BCUT2D eigenvalue weighted by Gasteiger charge is -2.24. The number of hydrogen-bond donors (Lipinski definition) is 0. The summed E-state index contributed by atoms with van der Waals surface area (Å²) in [6.07, 6.45) is 3.97. The summed E-state index contributed by atoms with van der Waals surface area (Å²) in [4.78, 5) is 10.6. The highest BCUT2D eigenvalue weighted by Crippen LogP contribution is 2.33. The lowest BCUT2D eigenvalue weighted by atomic mass is 10.3. The van der Waals surface area contributed by atoms with E-state index >= 15 is 0 Å². The van der Waals surface area contributed by atoms with Crippen molar-refractivity contribution in [3.8, 4) is 0 Å². The third kappa shape index (κ3) is 2.44. The summed E-state index contributed by atoms with van der Waals surface area (Å²) in [7, 11) is 1.71. The zero-order valence-corrected chi connectivity index (χ0v) is 10.4. The Morgan fingerprint density at radius 3 is 2.88 bits per heavy atom. The third-order valence-corrected chi connectivity index (χ3v) is 3.17. The van der Waals surface area contributed by atoms with E-state index in [4.69, 9.17) is 16.3 Å². The van der Waals surface area contributed by atoms with Gasteiger partial charge in [0.15, 0.2) is 0 Å². The van der Waals surface area contributed by atoms with Crippen molar-refractivity contribution in [2.24, 2.45) is 0 Å². The van der Waals surface area contributed by atoms with E-state index in [-0.39, 0.29) is 0 Å². The van der Waals surface area contributed by atoms with E-state index in [0.717, 1.165) is 17.9 Å². The minimum atomic E-state index is 0.535. The normalized spacial score (nSPS) is 15.2. The highest BCUT2D eigenvalue weighted by Gasteiger charge is 2.30. The molecule has 1 aromatic rings. The summed E-state index contributed by atoms with van der Waals surface area (Å²) in [5.41, 5.74) is 0.951. The van der Waals surface area contributed by atoms with Crippen molar-refractivity contribution < 1.29 is 4.74 Å². The van der Waals surface area contributed by atoms with Gasteiger partial charge in [-0.15, -0.1) is 0 Å². The second kappa shape index (κ2) is 4.97. The number of ether oxygens (including phenoxy) is 1. The van der Waals surface area contributed by atoms with Gasteiger partial charge >= 0.3 is 0 Å². The monoisotopic (exact) mass is 241 g/mol. The predicted molar refractivity (Wildman–Crippen MR) is 64.0 cm³/mol. The second-order valence-corrected chi connectivity index (χ2v) is 4.39. The number of rotatable bonds is 5. The van der Waals surface area contributed by atoms with Crippen molar-refractivity contribution in [1.82, 2.24) is 9.97 Å². The molecule has 0 aromatic carbocycles. The fourth-order valence-corrected chi connectivity index (χ4v) is 1.88. The van der Waals surface area contributed by atoms with Crippen molar-refractivity contribution in [1.29, 1.82) is 0 Å². The first kappa shape index (κ1) is 11.6. The van der Waals surface area contributed by atoms with Crippen LogP contribution in [-0.4, -0.2) is 36.3 Å². The Hall–Kier alpha value is -0.870. The molecule has 1 aromatic heterocycles. The lowest BCUT2D eigenvalue weighted by Crippen LogP contribution is -2.31. The first-order chi connectivity index (χ1) is 7.74. The van der Waals surface area contributed by atoms with Gasteiger partial charge in [-0.05, 0) is 19.8 Å². The highest BCUT2D eigenvalue weighted by atomic mass is 35.5. The number of aromatic nitrogens is 2. The molecule has 0 aliphatic heterocycles. The summed E-state index contributed by atoms with van der Waals surface area (Å²) in [6, 6.07) is 0.597. The number of hydrogen-bond acceptors (Lipinski definition) is 4. The SMILES string of the molecule is COCCN(c1ncnc(Cl)c1C)C1CC1. The quantitative estimate of drug-likeness (QED) is 0.740. The summed E-state index contributed by atoms with van der Waals surface area (Å²) >= 11 is 6.01. The van der Waals surface area contributed by atoms with Gasteiger partial charge in [0.05, 0.1) is 6.61 Å². The molecule has 0 saturated heterocycles. The molecule has 0 bridgehead atoms. The summed E-state index contributed by atoms with van der Waals surface area (Å²) in [6.45, 7) is 3.52. The Bertz CT molecular complexity index is 368. The van der Waals surface area contributed by atoms with Crippen LogP contribution in [0.15, 0.2) is 6.33 Å². The molecule has 2 rings (SSSR count). The maximum atomic E-state index is 6.01. The molecule has 4 nitrogen and oxygen atoms in total. The first-order valence-corrected chi connectivity index (χ1v) is 5.84. The number of halogens is 1. The Morgan fingerprint density at radius 2 is 2.25 bits per heavy atom. The Kier molecular flexibility index (Phi) is 3.61. The topological polar surface area (TPSA) is 38.2 Å². The van der Waals surface area contributed by atoms with Crippen LogP contribution in [0.4, 0.5) is 5.82 Å². The van der Waals surface area contributed by atoms with Gasteiger partial charge in [0.1, 0.15) is 17.3 Å². The molecule has 0 spiro atoms. The van der Waals surface area contributed by atoms with Crippen LogP contribution in [0.25, 0.3) is 0 Å². The molecule has 0 atom stereocenters. The van der Waals surface area contributed by atoms with Crippen molar-refractivity contribution in [2.75, 3.05) is 25.2 Å². The minimum Gasteiger partial charge on any atom is -0.383 e. The van der Waals surface area contributed by atoms with E-state index < -0.39 is 0 Å². The molecule has 88 valence electrons. The van der Waals surface area contributed by atoms with Gasteiger partial charge in [-0.25, -0.2) is 9.97 Å². The van der Waals surface area contributed by atoms with Crippen molar-refractivity contribution in [3.05, 3.63) is 17.0 Å². The summed E-state index contributed by atoms with van der Waals surface area (Å²) in [5.74, 6) is 0.944. The van der Waals surface area contributed by atoms with Crippen LogP contribution in [0.5, 0.6) is 0 Å². The van der Waals surface area contributed by atoms with Crippen LogP contribution >= 0.6 is 11.6 Å². The van der Waals surface area contributed by atoms with Crippen LogP contribution in [0.3, 0.4) is 0 Å². The van der Waals surface area contributed by atoms with Crippen molar-refractivity contribution >= 4 is 17.4 Å². The van der Waals surface area contributed by atoms with Gasteiger partial charge in [0.2, 0.25) is 0 Å². The standard InChI is InChI=1S/C11H16ClN3O/c1-8-10(12)13-7-14-11(8)15(5-6-16-2)9-3-4-9/h7,9H,3-6H2,1-2H3. The van der Waals surface area contributed by atoms with Crippen molar-refractivity contribution in [3.63, 3.8) is 0 Å². The van der Waals surface area contributed by atoms with E-state index in [0.29, 0.717) is 17.8 Å². The van der Waals surface area contributed by atoms with E-state index in [2.05, 4.69) is 14.9 Å². The Morgan fingerprint density at radius 1 is 1.50 bits per heavy atom. The van der Waals surface area contributed by atoms with E-state index in [9.17, 15) is 0 Å². The summed E-state index contributed by atoms with van der Waals surface area (Å²) in [5, 5.41) is 0.535. The van der Waals surface area contributed by atoms with Gasteiger partial charge in [0.25, 0.3) is 0 Å². The molecule has 0 amide bonds. The van der Waals surface area contributed by atoms with Gasteiger partial charge in [0, 0.05) is 25.3 Å². The van der Waals surface area contributed by atoms with E-state index in [1.807, 2.05) is 6.92 Å². The van der Waals surface area contributed by atoms with Gasteiger partial charge in [-0.3, -0.25) is 0 Å². The molecular weight excluding hydrogens is 226 g/mol. The lowest BCUT2D eigenvalue weighted by molar-refractivity contribution is 0.204. The second-order valence-electron chi connectivity index (χ2n) is 4.03. The fourth-order valence-electron chi connectivity index (χ4n) is 1.75. The smallest absolute Gasteiger partial charge is 0.137 e. The first-order valence-electron chi connectivity index (χ1n) is 5.46. The molecule has 1 fully saturated rings. The summed E-state index contributed by atoms with van der Waals surface area (Å²) < 4.78 is 5.12. The van der Waals surface area contributed by atoms with Gasteiger partial charge in [-0.1, -0.05) is 11.6 Å². The van der Waals surface area contributed by atoms with Crippen LogP contribution in [-0.2, 0) is 4.74 Å². The Balaban J connectivity index is 2.20. The number of nitrogens with zero attached hydrogens (tertiary/aromatic N) is 3. The molecule has 1 heterocycles. The molecule has 0 radical (unpaired) electrons. The van der Waals surface area contributed by atoms with Crippen LogP contribution in [0.1, 0.15) is 18.4 Å². The van der Waals surface area contributed by atoms with Crippen LogP contribution in [0.2, 0.25) is 5.15 Å². The molecule has 0 N–H and O–H groups in total. The van der Waals surface area contributed by atoms with Crippen LogP contribution in [0, 0.1) is 6.92 Å². The average molecular weight is 242 g/mol. The zero-order valence-electron chi connectivity index (χ0n) is 9.61. The predicted octanol–water partition coefficient (Wildman–Crippen LogP) is 2.05. The molecule has 1 aliphatic rings. The maximum Gasteiger partial charge on any atom is 0.137 e. The number of anilines is 1. The highest BCUT2D eigenvalue weighted by molar-refractivity contribution is 6.30. The number of methoxy groups -OCH3 is 1. The maximum absolute atomic E-state index is 6.01. The van der Waals surface area contributed by atoms with Gasteiger partial charge in [-0.2, -0.15) is 0 Å². The van der Waals surface area contributed by atoms with E-state index in [1.54, 1.807) is 7.11 Å². The van der Waals surface area contributed by atoms with Gasteiger partial charge < -0.3 is 9.64 Å². The molecule has 5 heteroatoms. The molecular formula is C11H16ClN3O. The van der Waals surface area contributed by atoms with E-state index in [1.165, 1.54) is 19.2 Å². The zero-order chi connectivity index (χ0) is 11.5. The third-order valence-electron chi connectivity index (χ3n) is 2.79.